The fourth-order valence-corrected chi connectivity index (χ4v) is 6.04. The van der Waals surface area contributed by atoms with E-state index in [2.05, 4.69) is 0 Å². The van der Waals surface area contributed by atoms with E-state index >= 15 is 0 Å². The molecule has 1 amide bonds. The number of ether oxygens (including phenoxy) is 1. The maximum atomic E-state index is 13.2. The predicted molar refractivity (Wildman–Crippen MR) is 124 cm³/mol. The molecule has 182 valence electrons. The van der Waals surface area contributed by atoms with Crippen LogP contribution in [0.4, 0.5) is 5.69 Å². The lowest BCUT2D eigenvalue weighted by molar-refractivity contribution is -0.387. The molecule has 0 radical (unpaired) electrons. The van der Waals surface area contributed by atoms with Gasteiger partial charge in [0.1, 0.15) is 12.1 Å². The van der Waals surface area contributed by atoms with Gasteiger partial charge in [-0.25, -0.2) is 13.2 Å². The zero-order valence-electron chi connectivity index (χ0n) is 18.2. The number of hydrogen-bond donors (Lipinski definition) is 0. The van der Waals surface area contributed by atoms with E-state index in [0.717, 1.165) is 16.4 Å². The number of amides is 1. The van der Waals surface area contributed by atoms with E-state index in [1.54, 1.807) is 12.1 Å². The molecule has 0 unspecified atom stereocenters. The minimum absolute atomic E-state index is 0.0258. The minimum Gasteiger partial charge on any atom is -0.467 e. The van der Waals surface area contributed by atoms with Crippen LogP contribution in [-0.2, 0) is 30.8 Å². The average molecular weight is 530 g/mol. The molecule has 1 aliphatic rings. The molecule has 0 N–H and O–H groups in total. The largest absolute Gasteiger partial charge is 0.467 e. The summed E-state index contributed by atoms with van der Waals surface area (Å²) >= 11 is 12.2. The first-order chi connectivity index (χ1) is 16.0. The topological polar surface area (TPSA) is 127 Å². The molecule has 13 heteroatoms. The third kappa shape index (κ3) is 5.02. The molecule has 2 aromatic carbocycles. The molecule has 0 saturated carbocycles. The van der Waals surface area contributed by atoms with Crippen LogP contribution in [0, 0.1) is 10.1 Å². The Morgan fingerprint density at radius 2 is 1.91 bits per heavy atom. The number of nitro groups is 1. The Morgan fingerprint density at radius 3 is 2.53 bits per heavy atom. The highest BCUT2D eigenvalue weighted by molar-refractivity contribution is 7.89. The monoisotopic (exact) mass is 529 g/mol. The zero-order chi connectivity index (χ0) is 25.2. The summed E-state index contributed by atoms with van der Waals surface area (Å²) in [7, 11) is -3.19. The zero-order valence-corrected chi connectivity index (χ0v) is 20.5. The highest BCUT2D eigenvalue weighted by Crippen LogP contribution is 2.30. The van der Waals surface area contributed by atoms with E-state index < -0.39 is 49.5 Å². The Kier molecular flexibility index (Phi) is 7.81. The molecule has 2 atom stereocenters. The number of nitro benzene ring substituents is 1. The second-order valence-corrected chi connectivity index (χ2v) is 10.2. The molecule has 0 aromatic heterocycles. The highest BCUT2D eigenvalue weighted by atomic mass is 35.5. The van der Waals surface area contributed by atoms with Crippen molar-refractivity contribution in [3.05, 3.63) is 68.2 Å². The fourth-order valence-electron chi connectivity index (χ4n) is 3.82. The van der Waals surface area contributed by atoms with Crippen LogP contribution >= 0.6 is 23.2 Å². The Hall–Kier alpha value is -2.73. The van der Waals surface area contributed by atoms with Gasteiger partial charge in [-0.15, -0.1) is 0 Å². The lowest BCUT2D eigenvalue weighted by Gasteiger charge is -2.41. The molecule has 0 aliphatic carbocycles. The number of methoxy groups -OCH3 is 1. The van der Waals surface area contributed by atoms with Crippen molar-refractivity contribution in [2.45, 2.75) is 30.3 Å². The number of sulfonamides is 1. The number of para-hydroxylation sites is 1. The van der Waals surface area contributed by atoms with Crippen LogP contribution in [-0.4, -0.2) is 66.7 Å². The Labute approximate surface area is 206 Å². The molecule has 0 spiro atoms. The number of piperazine rings is 1. The molecular formula is C21H21Cl2N3O7S. The van der Waals surface area contributed by atoms with Crippen molar-refractivity contribution >= 4 is 50.8 Å². The molecule has 1 fully saturated rings. The highest BCUT2D eigenvalue weighted by Gasteiger charge is 2.44. The number of carbonyl (C=O) groups is 2. The second-order valence-electron chi connectivity index (χ2n) is 7.53. The predicted octanol–water partition coefficient (Wildman–Crippen LogP) is 2.91. The lowest BCUT2D eigenvalue weighted by Crippen LogP contribution is -2.61. The van der Waals surface area contributed by atoms with Gasteiger partial charge in [-0.3, -0.25) is 14.9 Å². The Balaban J connectivity index is 1.91. The summed E-state index contributed by atoms with van der Waals surface area (Å²) in [5.74, 6) is -1.34. The minimum atomic E-state index is -4.37. The normalized spacial score (nSPS) is 17.9. The van der Waals surface area contributed by atoms with Crippen molar-refractivity contribution in [3.8, 4) is 0 Å². The maximum Gasteiger partial charge on any atom is 0.328 e. The molecule has 0 bridgehead atoms. The van der Waals surface area contributed by atoms with Crippen molar-refractivity contribution in [2.75, 3.05) is 20.2 Å². The molecule has 3 rings (SSSR count). The number of esters is 1. The summed E-state index contributed by atoms with van der Waals surface area (Å²) in [5.41, 5.74) is -0.0359. The summed E-state index contributed by atoms with van der Waals surface area (Å²) in [6.07, 6.45) is 0.0258. The van der Waals surface area contributed by atoms with Gasteiger partial charge < -0.3 is 9.64 Å². The van der Waals surface area contributed by atoms with Crippen molar-refractivity contribution < 1.29 is 27.7 Å². The van der Waals surface area contributed by atoms with E-state index in [1.807, 2.05) is 0 Å². The van der Waals surface area contributed by atoms with Gasteiger partial charge in [0, 0.05) is 35.6 Å². The van der Waals surface area contributed by atoms with Crippen molar-refractivity contribution in [2.24, 2.45) is 0 Å². The second kappa shape index (κ2) is 10.3. The number of rotatable bonds is 7. The Morgan fingerprint density at radius 1 is 1.24 bits per heavy atom. The number of carbonyl (C=O) groups excluding carboxylic acids is 2. The van der Waals surface area contributed by atoms with E-state index in [-0.39, 0.29) is 19.5 Å². The summed E-state index contributed by atoms with van der Waals surface area (Å²) in [5, 5.41) is 12.1. The molecular weight excluding hydrogens is 509 g/mol. The number of benzene rings is 2. The lowest BCUT2D eigenvalue weighted by atomic mass is 10.0. The van der Waals surface area contributed by atoms with Crippen molar-refractivity contribution in [3.63, 3.8) is 0 Å². The van der Waals surface area contributed by atoms with Gasteiger partial charge in [0.05, 0.1) is 12.0 Å². The molecule has 34 heavy (non-hydrogen) atoms. The van der Waals surface area contributed by atoms with Crippen LogP contribution in [0.15, 0.2) is 47.4 Å². The first-order valence-corrected chi connectivity index (χ1v) is 12.3. The fraction of sp³-hybridized carbons (Fsp3) is 0.333. The number of halogens is 2. The first-order valence-electron chi connectivity index (χ1n) is 10.1. The van der Waals surface area contributed by atoms with E-state index in [4.69, 9.17) is 27.9 Å². The van der Waals surface area contributed by atoms with Gasteiger partial charge in [0.25, 0.3) is 15.7 Å². The summed E-state index contributed by atoms with van der Waals surface area (Å²) in [6.45, 7) is 1.06. The van der Waals surface area contributed by atoms with Crippen LogP contribution in [0.25, 0.3) is 0 Å². The smallest absolute Gasteiger partial charge is 0.328 e. The molecule has 1 saturated heterocycles. The van der Waals surface area contributed by atoms with Crippen LogP contribution in [0.1, 0.15) is 12.5 Å². The quantitative estimate of drug-likeness (QED) is 0.306. The van der Waals surface area contributed by atoms with Gasteiger partial charge >= 0.3 is 5.97 Å². The molecule has 2 aromatic rings. The van der Waals surface area contributed by atoms with Crippen molar-refractivity contribution in [1.29, 1.82) is 0 Å². The molecule has 10 nitrogen and oxygen atoms in total. The van der Waals surface area contributed by atoms with Crippen LogP contribution in [0.2, 0.25) is 10.0 Å². The van der Waals surface area contributed by atoms with Gasteiger partial charge in [-0.1, -0.05) is 41.4 Å². The number of nitrogens with zero attached hydrogens (tertiary/aromatic N) is 3. The van der Waals surface area contributed by atoms with Gasteiger partial charge in [-0.2, -0.15) is 4.31 Å². The van der Waals surface area contributed by atoms with E-state index in [9.17, 15) is 28.1 Å². The third-order valence-corrected chi connectivity index (χ3v) is 8.16. The van der Waals surface area contributed by atoms with Crippen molar-refractivity contribution in [1.82, 2.24) is 9.21 Å². The van der Waals surface area contributed by atoms with Crippen LogP contribution < -0.4 is 0 Å². The Bertz CT molecular complexity index is 1240. The molecule has 1 heterocycles. The summed E-state index contributed by atoms with van der Waals surface area (Å²) in [6, 6.07) is 7.38. The van der Waals surface area contributed by atoms with Gasteiger partial charge in [-0.05, 0) is 30.7 Å². The number of hydrogen-bond acceptors (Lipinski definition) is 7. The summed E-state index contributed by atoms with van der Waals surface area (Å²) < 4.78 is 32.2. The van der Waals surface area contributed by atoms with Gasteiger partial charge in [0.15, 0.2) is 4.90 Å². The van der Waals surface area contributed by atoms with Gasteiger partial charge in [0.2, 0.25) is 5.91 Å². The van der Waals surface area contributed by atoms with E-state index in [0.29, 0.717) is 15.6 Å². The standard InChI is InChI=1S/C21H21Cl2N3O7S/c1-13-20(27)24(18(21(28)33-2)11-14-7-8-15(22)12-16(14)23)9-10-25(13)34(31,32)19-6-4-3-5-17(19)26(29)30/h3-8,12-13,18H,9-11H2,1-2H3/t13-,18-/m0/s1. The maximum absolute atomic E-state index is 13.2. The van der Waals surface area contributed by atoms with Crippen LogP contribution in [0.3, 0.4) is 0 Å². The molecule has 1 aliphatic heterocycles. The third-order valence-electron chi connectivity index (χ3n) is 5.56. The SMILES string of the molecule is COC(=O)[C@H](Cc1ccc(Cl)cc1Cl)N1CCN(S(=O)(=O)c2ccccc2[N+](=O)[O-])[C@@H](C)C1=O. The van der Waals surface area contributed by atoms with E-state index in [1.165, 1.54) is 37.1 Å². The summed E-state index contributed by atoms with van der Waals surface area (Å²) in [4.78, 5) is 37.1. The average Bonchev–Trinajstić information content (AvgIpc) is 2.80. The first kappa shape index (κ1) is 25.9. The van der Waals surface area contributed by atoms with Crippen LogP contribution in [0.5, 0.6) is 0 Å².